The zero-order chi connectivity index (χ0) is 14.7. The molecule has 0 heterocycles. The maximum atomic E-state index is 12.4. The predicted molar refractivity (Wildman–Crippen MR) is 80.1 cm³/mol. The van der Waals surface area contributed by atoms with Crippen LogP contribution in [0.25, 0.3) is 0 Å². The first-order valence-electron chi connectivity index (χ1n) is 6.07. The van der Waals surface area contributed by atoms with Crippen LogP contribution in [0.5, 0.6) is 0 Å². The van der Waals surface area contributed by atoms with Crippen LogP contribution in [0.15, 0.2) is 42.5 Å². The van der Waals surface area contributed by atoms with E-state index in [2.05, 4.69) is 6.07 Å². The third kappa shape index (κ3) is 2.81. The maximum absolute atomic E-state index is 12.4. The molecule has 0 bridgehead atoms. The van der Waals surface area contributed by atoms with E-state index in [-0.39, 0.29) is 5.91 Å². The highest BCUT2D eigenvalue weighted by molar-refractivity contribution is 6.34. The summed E-state index contributed by atoms with van der Waals surface area (Å²) in [6.45, 7) is 1.92. The van der Waals surface area contributed by atoms with E-state index >= 15 is 0 Å². The molecule has 0 saturated carbocycles. The monoisotopic (exact) mass is 284 g/mol. The Bertz CT molecular complexity index is 704. The Morgan fingerprint density at radius 3 is 2.65 bits per heavy atom. The Morgan fingerprint density at radius 1 is 1.25 bits per heavy atom. The Balaban J connectivity index is 2.35. The third-order valence-corrected chi connectivity index (χ3v) is 3.33. The van der Waals surface area contributed by atoms with Gasteiger partial charge in [0, 0.05) is 12.7 Å². The number of carbonyl (C=O) groups excluding carboxylic acids is 1. The van der Waals surface area contributed by atoms with Gasteiger partial charge >= 0.3 is 0 Å². The summed E-state index contributed by atoms with van der Waals surface area (Å²) in [5.41, 5.74) is 2.62. The number of aryl methyl sites for hydroxylation is 1. The number of nitriles is 1. The molecule has 2 aromatic rings. The van der Waals surface area contributed by atoms with Crippen molar-refractivity contribution in [2.24, 2.45) is 0 Å². The van der Waals surface area contributed by atoms with Gasteiger partial charge in [-0.15, -0.1) is 0 Å². The van der Waals surface area contributed by atoms with E-state index in [0.717, 1.165) is 5.56 Å². The van der Waals surface area contributed by atoms with E-state index in [9.17, 15) is 4.79 Å². The lowest BCUT2D eigenvalue weighted by Gasteiger charge is -2.18. The second-order valence-electron chi connectivity index (χ2n) is 4.51. The lowest BCUT2D eigenvalue weighted by molar-refractivity contribution is 0.0993. The van der Waals surface area contributed by atoms with Crippen LogP contribution in [0.3, 0.4) is 0 Å². The van der Waals surface area contributed by atoms with Gasteiger partial charge in [-0.05, 0) is 42.8 Å². The van der Waals surface area contributed by atoms with Gasteiger partial charge in [-0.25, -0.2) is 0 Å². The minimum Gasteiger partial charge on any atom is -0.311 e. The zero-order valence-electron chi connectivity index (χ0n) is 11.2. The molecule has 0 fully saturated rings. The fraction of sp³-hybridized carbons (Fsp3) is 0.125. The fourth-order valence-electron chi connectivity index (χ4n) is 1.88. The summed E-state index contributed by atoms with van der Waals surface area (Å²) >= 11 is 6.11. The second-order valence-corrected chi connectivity index (χ2v) is 4.92. The normalized spacial score (nSPS) is 9.90. The van der Waals surface area contributed by atoms with Crippen molar-refractivity contribution in [2.75, 3.05) is 11.9 Å². The number of nitrogens with zero attached hydrogens (tertiary/aromatic N) is 2. The molecule has 2 rings (SSSR count). The van der Waals surface area contributed by atoms with Gasteiger partial charge in [0.1, 0.15) is 0 Å². The maximum Gasteiger partial charge on any atom is 0.259 e. The SMILES string of the molecule is Cc1ccc(C(=O)N(C)c2cccc(C#N)c2)c(Cl)c1. The molecule has 0 radical (unpaired) electrons. The second kappa shape index (κ2) is 5.77. The summed E-state index contributed by atoms with van der Waals surface area (Å²) < 4.78 is 0. The third-order valence-electron chi connectivity index (χ3n) is 3.02. The first-order valence-corrected chi connectivity index (χ1v) is 6.45. The van der Waals surface area contributed by atoms with Gasteiger partial charge < -0.3 is 4.90 Å². The largest absolute Gasteiger partial charge is 0.311 e. The summed E-state index contributed by atoms with van der Waals surface area (Å²) in [6.07, 6.45) is 0. The van der Waals surface area contributed by atoms with Gasteiger partial charge in [-0.2, -0.15) is 5.26 Å². The number of amides is 1. The lowest BCUT2D eigenvalue weighted by Crippen LogP contribution is -2.26. The van der Waals surface area contributed by atoms with Crippen LogP contribution in [-0.2, 0) is 0 Å². The van der Waals surface area contributed by atoms with Gasteiger partial charge in [-0.1, -0.05) is 23.7 Å². The van der Waals surface area contributed by atoms with Crippen molar-refractivity contribution in [3.05, 3.63) is 64.2 Å². The Labute approximate surface area is 123 Å². The van der Waals surface area contributed by atoms with Crippen molar-refractivity contribution in [1.82, 2.24) is 0 Å². The van der Waals surface area contributed by atoms with Gasteiger partial charge in [-0.3, -0.25) is 4.79 Å². The lowest BCUT2D eigenvalue weighted by atomic mass is 10.1. The van der Waals surface area contributed by atoms with E-state index in [1.165, 1.54) is 4.90 Å². The van der Waals surface area contributed by atoms with Crippen LogP contribution in [0.4, 0.5) is 5.69 Å². The van der Waals surface area contributed by atoms with Crippen LogP contribution in [-0.4, -0.2) is 13.0 Å². The summed E-state index contributed by atoms with van der Waals surface area (Å²) in [4.78, 5) is 13.9. The van der Waals surface area contributed by atoms with Gasteiger partial charge in [0.15, 0.2) is 0 Å². The van der Waals surface area contributed by atoms with Gasteiger partial charge in [0.05, 0.1) is 22.2 Å². The first kappa shape index (κ1) is 14.1. The number of anilines is 1. The number of benzene rings is 2. The smallest absolute Gasteiger partial charge is 0.259 e. The van der Waals surface area contributed by atoms with Crippen molar-refractivity contribution in [3.8, 4) is 6.07 Å². The van der Waals surface area contributed by atoms with Crippen molar-refractivity contribution in [2.45, 2.75) is 6.92 Å². The number of rotatable bonds is 2. The molecule has 1 amide bonds. The molecule has 0 aromatic heterocycles. The minimum atomic E-state index is -0.204. The van der Waals surface area contributed by atoms with E-state index < -0.39 is 0 Å². The van der Waals surface area contributed by atoms with Crippen LogP contribution >= 0.6 is 11.6 Å². The van der Waals surface area contributed by atoms with E-state index in [1.807, 2.05) is 13.0 Å². The first-order chi connectivity index (χ1) is 9.52. The molecule has 0 atom stereocenters. The fourth-order valence-corrected chi connectivity index (χ4v) is 2.19. The van der Waals surface area contributed by atoms with Gasteiger partial charge in [0.2, 0.25) is 0 Å². The molecule has 0 saturated heterocycles. The average molecular weight is 285 g/mol. The molecule has 0 aliphatic heterocycles. The predicted octanol–water partition coefficient (Wildman–Crippen LogP) is 3.80. The number of hydrogen-bond acceptors (Lipinski definition) is 2. The van der Waals surface area contributed by atoms with Crippen LogP contribution in [0.2, 0.25) is 5.02 Å². The summed E-state index contributed by atoms with van der Waals surface area (Å²) in [6, 6.07) is 14.3. The standard InChI is InChI=1S/C16H13ClN2O/c1-11-6-7-14(15(17)8-11)16(20)19(2)13-5-3-4-12(9-13)10-18/h3-9H,1-2H3. The van der Waals surface area contributed by atoms with Crippen molar-refractivity contribution in [3.63, 3.8) is 0 Å². The topological polar surface area (TPSA) is 44.1 Å². The number of carbonyl (C=O) groups is 1. The molecule has 100 valence electrons. The van der Waals surface area contributed by atoms with Crippen molar-refractivity contribution in [1.29, 1.82) is 5.26 Å². The zero-order valence-corrected chi connectivity index (χ0v) is 12.0. The summed E-state index contributed by atoms with van der Waals surface area (Å²) in [5, 5.41) is 9.33. The van der Waals surface area contributed by atoms with E-state index in [1.54, 1.807) is 43.4 Å². The minimum absolute atomic E-state index is 0.204. The highest BCUT2D eigenvalue weighted by atomic mass is 35.5. The quantitative estimate of drug-likeness (QED) is 0.842. The molecule has 0 unspecified atom stereocenters. The van der Waals surface area contributed by atoms with E-state index in [4.69, 9.17) is 16.9 Å². The summed E-state index contributed by atoms with van der Waals surface area (Å²) in [5.74, 6) is -0.204. The Morgan fingerprint density at radius 2 is 2.00 bits per heavy atom. The molecule has 3 nitrogen and oxygen atoms in total. The molecule has 20 heavy (non-hydrogen) atoms. The molecular formula is C16H13ClN2O. The molecule has 0 N–H and O–H groups in total. The summed E-state index contributed by atoms with van der Waals surface area (Å²) in [7, 11) is 1.66. The number of halogens is 1. The highest BCUT2D eigenvalue weighted by Gasteiger charge is 2.16. The van der Waals surface area contributed by atoms with Crippen LogP contribution < -0.4 is 4.90 Å². The number of hydrogen-bond donors (Lipinski definition) is 0. The highest BCUT2D eigenvalue weighted by Crippen LogP contribution is 2.22. The Kier molecular flexibility index (Phi) is 4.07. The van der Waals surface area contributed by atoms with Crippen LogP contribution in [0.1, 0.15) is 21.5 Å². The molecule has 4 heteroatoms. The van der Waals surface area contributed by atoms with E-state index in [0.29, 0.717) is 21.8 Å². The molecular weight excluding hydrogens is 272 g/mol. The average Bonchev–Trinajstić information content (AvgIpc) is 2.46. The van der Waals surface area contributed by atoms with Gasteiger partial charge in [0.25, 0.3) is 5.91 Å². The van der Waals surface area contributed by atoms with Crippen LogP contribution in [0, 0.1) is 18.3 Å². The molecule has 0 aliphatic carbocycles. The van der Waals surface area contributed by atoms with Crippen molar-refractivity contribution >= 4 is 23.2 Å². The Hall–Kier alpha value is -2.31. The molecule has 0 spiro atoms. The molecule has 0 aliphatic rings. The van der Waals surface area contributed by atoms with Crippen molar-refractivity contribution < 1.29 is 4.79 Å². The molecule has 2 aromatic carbocycles.